The molecule has 1 saturated heterocycles. The molecular formula is C13H29N3O. The van der Waals surface area contributed by atoms with Gasteiger partial charge in [-0.2, -0.15) is 0 Å². The van der Waals surface area contributed by atoms with Crippen LogP contribution in [0.15, 0.2) is 0 Å². The molecular weight excluding hydrogens is 214 g/mol. The fourth-order valence-corrected chi connectivity index (χ4v) is 2.25. The molecule has 0 spiro atoms. The average molecular weight is 243 g/mol. The predicted molar refractivity (Wildman–Crippen MR) is 72.5 cm³/mol. The largest absolute Gasteiger partial charge is 0.380 e. The number of nitrogens with zero attached hydrogens (tertiary/aromatic N) is 2. The second kappa shape index (κ2) is 8.03. The van der Waals surface area contributed by atoms with Crippen molar-refractivity contribution in [1.29, 1.82) is 0 Å². The van der Waals surface area contributed by atoms with E-state index in [4.69, 9.17) is 4.74 Å². The smallest absolute Gasteiger partial charge is 0.0636 e. The van der Waals surface area contributed by atoms with E-state index in [2.05, 4.69) is 43.2 Å². The van der Waals surface area contributed by atoms with Crippen molar-refractivity contribution >= 4 is 0 Å². The molecule has 0 aromatic carbocycles. The van der Waals surface area contributed by atoms with Crippen LogP contribution in [-0.2, 0) is 4.74 Å². The molecule has 2 unspecified atom stereocenters. The third-order valence-corrected chi connectivity index (χ3v) is 3.45. The summed E-state index contributed by atoms with van der Waals surface area (Å²) in [5, 5.41) is 3.65. The third-order valence-electron chi connectivity index (χ3n) is 3.45. The van der Waals surface area contributed by atoms with Crippen LogP contribution in [0.4, 0.5) is 0 Å². The van der Waals surface area contributed by atoms with Crippen LogP contribution >= 0.6 is 0 Å². The van der Waals surface area contributed by atoms with Gasteiger partial charge in [0.25, 0.3) is 0 Å². The highest BCUT2D eigenvalue weighted by molar-refractivity contribution is 4.86. The van der Waals surface area contributed by atoms with Gasteiger partial charge in [-0.3, -0.25) is 4.90 Å². The van der Waals surface area contributed by atoms with E-state index in [0.717, 1.165) is 39.3 Å². The lowest BCUT2D eigenvalue weighted by atomic mass is 10.0. The summed E-state index contributed by atoms with van der Waals surface area (Å²) in [5.41, 5.74) is 0. The summed E-state index contributed by atoms with van der Waals surface area (Å²) in [6, 6.07) is 1.12. The summed E-state index contributed by atoms with van der Waals surface area (Å²) in [5.74, 6) is 0. The van der Waals surface area contributed by atoms with Crippen LogP contribution < -0.4 is 5.32 Å². The minimum atomic E-state index is 0.523. The Bertz CT molecular complexity index is 199. The molecule has 1 aliphatic heterocycles. The van der Waals surface area contributed by atoms with E-state index in [0.29, 0.717) is 12.1 Å². The highest BCUT2D eigenvalue weighted by atomic mass is 16.5. The van der Waals surface area contributed by atoms with Gasteiger partial charge < -0.3 is 15.0 Å². The molecule has 102 valence electrons. The van der Waals surface area contributed by atoms with Crippen molar-refractivity contribution in [2.24, 2.45) is 0 Å². The van der Waals surface area contributed by atoms with E-state index in [1.54, 1.807) is 0 Å². The molecule has 0 saturated carbocycles. The Kier molecular flexibility index (Phi) is 7.04. The van der Waals surface area contributed by atoms with Gasteiger partial charge in [0.05, 0.1) is 6.61 Å². The number of ether oxygens (including phenoxy) is 1. The van der Waals surface area contributed by atoms with Gasteiger partial charge in [0, 0.05) is 31.8 Å². The van der Waals surface area contributed by atoms with E-state index in [-0.39, 0.29) is 0 Å². The summed E-state index contributed by atoms with van der Waals surface area (Å²) < 4.78 is 5.62. The summed E-state index contributed by atoms with van der Waals surface area (Å²) in [7, 11) is 6.46. The van der Waals surface area contributed by atoms with Gasteiger partial charge in [0.2, 0.25) is 0 Å². The van der Waals surface area contributed by atoms with Gasteiger partial charge in [-0.1, -0.05) is 6.92 Å². The second-order valence-corrected chi connectivity index (χ2v) is 5.28. The minimum absolute atomic E-state index is 0.523. The Balaban J connectivity index is 2.39. The molecule has 1 heterocycles. The zero-order chi connectivity index (χ0) is 12.7. The van der Waals surface area contributed by atoms with E-state index >= 15 is 0 Å². The van der Waals surface area contributed by atoms with Crippen molar-refractivity contribution < 1.29 is 4.74 Å². The Morgan fingerprint density at radius 2 is 2.00 bits per heavy atom. The quantitative estimate of drug-likeness (QED) is 0.710. The summed E-state index contributed by atoms with van der Waals surface area (Å²) in [4.78, 5) is 4.67. The number of rotatable bonds is 7. The minimum Gasteiger partial charge on any atom is -0.380 e. The highest BCUT2D eigenvalue weighted by Gasteiger charge is 2.28. The van der Waals surface area contributed by atoms with Crippen molar-refractivity contribution in [2.45, 2.75) is 31.8 Å². The van der Waals surface area contributed by atoms with Crippen molar-refractivity contribution in [3.8, 4) is 0 Å². The maximum atomic E-state index is 5.62. The maximum Gasteiger partial charge on any atom is 0.0636 e. The molecule has 4 heteroatoms. The molecule has 17 heavy (non-hydrogen) atoms. The van der Waals surface area contributed by atoms with Crippen LogP contribution in [0.5, 0.6) is 0 Å². The monoisotopic (exact) mass is 243 g/mol. The lowest BCUT2D eigenvalue weighted by Crippen LogP contribution is -2.55. The summed E-state index contributed by atoms with van der Waals surface area (Å²) >= 11 is 0. The van der Waals surface area contributed by atoms with E-state index in [1.165, 1.54) is 6.42 Å². The van der Waals surface area contributed by atoms with E-state index in [9.17, 15) is 0 Å². The van der Waals surface area contributed by atoms with Crippen molar-refractivity contribution in [3.05, 3.63) is 0 Å². The van der Waals surface area contributed by atoms with Gasteiger partial charge in [-0.15, -0.1) is 0 Å². The van der Waals surface area contributed by atoms with Crippen LogP contribution in [0.1, 0.15) is 19.8 Å². The van der Waals surface area contributed by atoms with Crippen LogP contribution in [-0.4, -0.2) is 75.9 Å². The molecule has 1 N–H and O–H groups in total. The number of hydrogen-bond acceptors (Lipinski definition) is 4. The van der Waals surface area contributed by atoms with Crippen molar-refractivity contribution in [3.63, 3.8) is 0 Å². The molecule has 2 atom stereocenters. The lowest BCUT2D eigenvalue weighted by molar-refractivity contribution is 0.00470. The van der Waals surface area contributed by atoms with Gasteiger partial charge in [0.15, 0.2) is 0 Å². The lowest BCUT2D eigenvalue weighted by Gasteiger charge is -2.38. The summed E-state index contributed by atoms with van der Waals surface area (Å²) in [6.07, 6.45) is 2.34. The summed E-state index contributed by atoms with van der Waals surface area (Å²) in [6.45, 7) is 7.31. The SMILES string of the molecule is CCCNC1CCOCC1N(C)CCN(C)C. The second-order valence-electron chi connectivity index (χ2n) is 5.28. The average Bonchev–Trinajstić information content (AvgIpc) is 2.33. The van der Waals surface area contributed by atoms with Crippen LogP contribution in [0.3, 0.4) is 0 Å². The van der Waals surface area contributed by atoms with Gasteiger partial charge in [-0.25, -0.2) is 0 Å². The molecule has 1 fully saturated rings. The molecule has 0 aromatic rings. The molecule has 0 radical (unpaired) electrons. The van der Waals surface area contributed by atoms with Crippen LogP contribution in [0.2, 0.25) is 0 Å². The first kappa shape index (κ1) is 14.9. The third kappa shape index (κ3) is 5.34. The predicted octanol–water partition coefficient (Wildman–Crippen LogP) is 0.637. The van der Waals surface area contributed by atoms with Crippen molar-refractivity contribution in [1.82, 2.24) is 15.1 Å². The Morgan fingerprint density at radius 3 is 2.65 bits per heavy atom. The number of hydrogen-bond donors (Lipinski definition) is 1. The molecule has 0 bridgehead atoms. The fourth-order valence-electron chi connectivity index (χ4n) is 2.25. The Morgan fingerprint density at radius 1 is 1.24 bits per heavy atom. The molecule has 1 aliphatic rings. The van der Waals surface area contributed by atoms with Crippen LogP contribution in [0.25, 0.3) is 0 Å². The van der Waals surface area contributed by atoms with Crippen LogP contribution in [0, 0.1) is 0 Å². The zero-order valence-corrected chi connectivity index (χ0v) is 11.9. The topological polar surface area (TPSA) is 27.7 Å². The van der Waals surface area contributed by atoms with Crippen molar-refractivity contribution in [2.75, 3.05) is 54.0 Å². The highest BCUT2D eigenvalue weighted by Crippen LogP contribution is 2.13. The molecule has 0 amide bonds. The molecule has 4 nitrogen and oxygen atoms in total. The zero-order valence-electron chi connectivity index (χ0n) is 11.9. The molecule has 0 aliphatic carbocycles. The maximum absolute atomic E-state index is 5.62. The fraction of sp³-hybridized carbons (Fsp3) is 1.00. The van der Waals surface area contributed by atoms with Gasteiger partial charge in [0.1, 0.15) is 0 Å². The normalized spacial score (nSPS) is 25.8. The van der Waals surface area contributed by atoms with Gasteiger partial charge >= 0.3 is 0 Å². The Hall–Kier alpha value is -0.160. The number of likely N-dealkylation sites (N-methyl/N-ethyl adjacent to an activating group) is 2. The molecule has 0 aromatic heterocycles. The Labute approximate surface area is 106 Å². The first-order chi connectivity index (χ1) is 8.15. The first-order valence-electron chi connectivity index (χ1n) is 6.81. The van der Waals surface area contributed by atoms with E-state index in [1.807, 2.05) is 0 Å². The standard InChI is InChI=1S/C13H29N3O/c1-5-7-14-12-6-10-17-11-13(12)16(4)9-8-15(2)3/h12-14H,5-11H2,1-4H3. The number of nitrogens with one attached hydrogen (secondary N) is 1. The first-order valence-corrected chi connectivity index (χ1v) is 6.81. The molecule has 1 rings (SSSR count). The van der Waals surface area contributed by atoms with E-state index < -0.39 is 0 Å². The van der Waals surface area contributed by atoms with Gasteiger partial charge in [-0.05, 0) is 40.5 Å².